The Kier molecular flexibility index (Phi) is 6.27. The Balaban J connectivity index is 1.43. The number of nitrogens with two attached hydrogens (primary N) is 1. The zero-order valence-electron chi connectivity index (χ0n) is 21.8. The number of phenols is 1. The number of benzene rings is 1. The predicted octanol–water partition coefficient (Wildman–Crippen LogP) is 3.90. The summed E-state index contributed by atoms with van der Waals surface area (Å²) in [6.07, 6.45) is -0.456. The van der Waals surface area contributed by atoms with Crippen LogP contribution in [0.25, 0.3) is 5.69 Å². The Morgan fingerprint density at radius 1 is 1.17 bits per heavy atom. The molecule has 2 amide bonds. The molecule has 1 atom stereocenters. The summed E-state index contributed by atoms with van der Waals surface area (Å²) in [7, 11) is 0. The summed E-state index contributed by atoms with van der Waals surface area (Å²) in [5.41, 5.74) is 6.59. The topological polar surface area (TPSA) is 118 Å². The summed E-state index contributed by atoms with van der Waals surface area (Å²) >= 11 is 0. The van der Waals surface area contributed by atoms with Crippen molar-refractivity contribution in [3.8, 4) is 11.4 Å². The Bertz CT molecular complexity index is 1600. The fourth-order valence-electron chi connectivity index (χ4n) is 5.78. The van der Waals surface area contributed by atoms with Crippen molar-refractivity contribution in [1.82, 2.24) is 24.6 Å². The average Bonchev–Trinajstić information content (AvgIpc) is 3.74. The van der Waals surface area contributed by atoms with Crippen molar-refractivity contribution in [2.45, 2.75) is 43.8 Å². The molecule has 9 nitrogen and oxygen atoms in total. The van der Waals surface area contributed by atoms with E-state index in [2.05, 4.69) is 11.6 Å². The van der Waals surface area contributed by atoms with Crippen LogP contribution in [0.15, 0.2) is 37.1 Å². The van der Waals surface area contributed by atoms with Gasteiger partial charge in [0.1, 0.15) is 11.4 Å². The van der Waals surface area contributed by atoms with Crippen LogP contribution in [0.5, 0.6) is 5.75 Å². The van der Waals surface area contributed by atoms with Gasteiger partial charge in [0.05, 0.1) is 23.0 Å². The van der Waals surface area contributed by atoms with E-state index in [1.165, 1.54) is 20.6 Å². The number of amides is 2. The van der Waals surface area contributed by atoms with E-state index in [1.807, 2.05) is 0 Å². The number of phenolic OH excluding ortho intramolecular Hbond substituents is 1. The number of hydrogen-bond acceptors (Lipinski definition) is 6. The average molecular weight is 571 g/mol. The highest BCUT2D eigenvalue weighted by Crippen LogP contribution is 2.45. The zero-order chi connectivity index (χ0) is 29.2. The number of aromatic nitrogens is 3. The van der Waals surface area contributed by atoms with Crippen molar-refractivity contribution in [2.75, 3.05) is 25.4 Å². The van der Waals surface area contributed by atoms with Crippen LogP contribution in [-0.4, -0.2) is 61.1 Å². The minimum absolute atomic E-state index is 0.0667. The minimum Gasteiger partial charge on any atom is -0.503 e. The van der Waals surface area contributed by atoms with Crippen molar-refractivity contribution < 1.29 is 32.3 Å². The second kappa shape index (κ2) is 9.60. The van der Waals surface area contributed by atoms with Gasteiger partial charge in [-0.3, -0.25) is 14.6 Å². The number of nitrogen functional groups attached to an aromatic ring is 1. The lowest BCUT2D eigenvalue weighted by Crippen LogP contribution is -2.46. The van der Waals surface area contributed by atoms with Crippen LogP contribution in [-0.2, 0) is 23.8 Å². The van der Waals surface area contributed by atoms with Crippen molar-refractivity contribution in [3.05, 3.63) is 76.6 Å². The third-order valence-corrected chi connectivity index (χ3v) is 7.98. The first-order valence-electron chi connectivity index (χ1n) is 13.2. The van der Waals surface area contributed by atoms with Gasteiger partial charge in [0.2, 0.25) is 5.91 Å². The van der Waals surface area contributed by atoms with Crippen LogP contribution in [0.1, 0.15) is 63.4 Å². The molecule has 41 heavy (non-hydrogen) atoms. The third-order valence-electron chi connectivity index (χ3n) is 7.98. The summed E-state index contributed by atoms with van der Waals surface area (Å²) in [6.45, 7) is 3.98. The number of pyridine rings is 1. The highest BCUT2D eigenvalue weighted by molar-refractivity contribution is 5.99. The lowest BCUT2D eigenvalue weighted by atomic mass is 9.94. The first-order valence-corrected chi connectivity index (χ1v) is 13.2. The Hall–Kier alpha value is -4.42. The third kappa shape index (κ3) is 4.49. The number of carbonyl (C=O) groups is 2. The molecule has 0 radical (unpaired) electrons. The maximum Gasteiger partial charge on any atom is 0.433 e. The number of halogens is 4. The van der Waals surface area contributed by atoms with E-state index in [9.17, 15) is 27.9 Å². The highest BCUT2D eigenvalue weighted by atomic mass is 19.4. The van der Waals surface area contributed by atoms with E-state index in [4.69, 9.17) is 10.8 Å². The SMILES string of the molecule is C=CC(=O)N1CCc2nn(-c3ccc(C4CC4)c(F)c3O)c3c2C(C1)N(C(=O)c1cnc(C(F)(F)F)cc1N)CC3. The van der Waals surface area contributed by atoms with Crippen LogP contribution < -0.4 is 5.73 Å². The molecule has 1 aromatic carbocycles. The summed E-state index contributed by atoms with van der Waals surface area (Å²) < 4.78 is 56.0. The summed E-state index contributed by atoms with van der Waals surface area (Å²) in [5, 5.41) is 15.5. The zero-order valence-corrected chi connectivity index (χ0v) is 21.8. The number of carbonyl (C=O) groups excluding carboxylic acids is 2. The number of hydrogen-bond donors (Lipinski definition) is 2. The van der Waals surface area contributed by atoms with Crippen LogP contribution >= 0.6 is 0 Å². The molecule has 214 valence electrons. The van der Waals surface area contributed by atoms with E-state index in [1.54, 1.807) is 12.1 Å². The molecule has 1 unspecified atom stereocenters. The second-order valence-electron chi connectivity index (χ2n) is 10.5. The Morgan fingerprint density at radius 3 is 2.59 bits per heavy atom. The van der Waals surface area contributed by atoms with Crippen LogP contribution in [0.3, 0.4) is 0 Å². The van der Waals surface area contributed by atoms with E-state index < -0.39 is 35.4 Å². The largest absolute Gasteiger partial charge is 0.503 e. The van der Waals surface area contributed by atoms with Gasteiger partial charge in [0.25, 0.3) is 5.91 Å². The molecule has 4 heterocycles. The number of alkyl halides is 3. The molecule has 3 aromatic rings. The van der Waals surface area contributed by atoms with Gasteiger partial charge in [0.15, 0.2) is 11.6 Å². The highest BCUT2D eigenvalue weighted by Gasteiger charge is 2.41. The maximum absolute atomic E-state index is 15.1. The molecule has 6 rings (SSSR count). The van der Waals surface area contributed by atoms with Crippen LogP contribution in [0.4, 0.5) is 23.2 Å². The molecular weight excluding hydrogens is 544 g/mol. The van der Waals surface area contributed by atoms with Crippen molar-refractivity contribution in [2.24, 2.45) is 0 Å². The van der Waals surface area contributed by atoms with Gasteiger partial charge in [-0.2, -0.15) is 18.3 Å². The van der Waals surface area contributed by atoms with Gasteiger partial charge in [-0.15, -0.1) is 0 Å². The van der Waals surface area contributed by atoms with Crippen molar-refractivity contribution in [3.63, 3.8) is 0 Å². The van der Waals surface area contributed by atoms with Crippen molar-refractivity contribution >= 4 is 17.5 Å². The standard InChI is InChI=1S/C28H26F4N6O3/c1-2-23(39)36-9-7-18-24-19(38(35-18)20-6-5-15(14-3-4-14)25(29)26(20)40)8-10-37(21(24)13-36)27(41)16-12-34-22(11-17(16)33)28(30,31)32/h2,5-6,11-12,14,21,40H,1,3-4,7-10,13H2,(H2,33,34). The number of anilines is 1. The molecule has 1 fully saturated rings. The Morgan fingerprint density at radius 2 is 1.93 bits per heavy atom. The van der Waals surface area contributed by atoms with Gasteiger partial charge in [-0.05, 0) is 42.5 Å². The number of nitrogens with zero attached hydrogens (tertiary/aromatic N) is 5. The second-order valence-corrected chi connectivity index (χ2v) is 10.5. The molecule has 13 heteroatoms. The summed E-state index contributed by atoms with van der Waals surface area (Å²) in [4.78, 5) is 32.7. The lowest BCUT2D eigenvalue weighted by Gasteiger charge is -2.38. The Labute approximate surface area is 231 Å². The van der Waals surface area contributed by atoms with Gasteiger partial charge < -0.3 is 20.6 Å². The van der Waals surface area contributed by atoms with Gasteiger partial charge in [-0.25, -0.2) is 9.07 Å². The molecule has 3 N–H and O–H groups in total. The maximum atomic E-state index is 15.1. The molecule has 0 spiro atoms. The van der Waals surface area contributed by atoms with Gasteiger partial charge in [-0.1, -0.05) is 12.6 Å². The van der Waals surface area contributed by atoms with Gasteiger partial charge >= 0.3 is 6.18 Å². The summed E-state index contributed by atoms with van der Waals surface area (Å²) in [5.74, 6) is -2.10. The molecule has 1 aliphatic carbocycles. The fourth-order valence-corrected chi connectivity index (χ4v) is 5.78. The number of rotatable bonds is 4. The molecule has 3 aliphatic rings. The first kappa shape index (κ1) is 26.8. The predicted molar refractivity (Wildman–Crippen MR) is 139 cm³/mol. The monoisotopic (exact) mass is 570 g/mol. The van der Waals surface area contributed by atoms with E-state index >= 15 is 4.39 Å². The van der Waals surface area contributed by atoms with E-state index in [-0.39, 0.29) is 54.8 Å². The minimum atomic E-state index is -4.73. The van der Waals surface area contributed by atoms with Gasteiger partial charge in [0, 0.05) is 49.9 Å². The number of aromatic hydroxyl groups is 1. The quantitative estimate of drug-likeness (QED) is 0.363. The summed E-state index contributed by atoms with van der Waals surface area (Å²) in [6, 6.07) is 3.17. The fraction of sp³-hybridized carbons (Fsp3) is 0.357. The van der Waals surface area contributed by atoms with Crippen LogP contribution in [0, 0.1) is 5.82 Å². The molecule has 0 bridgehead atoms. The van der Waals surface area contributed by atoms with Crippen LogP contribution in [0.2, 0.25) is 0 Å². The molecule has 2 aromatic heterocycles. The smallest absolute Gasteiger partial charge is 0.433 e. The van der Waals surface area contributed by atoms with E-state index in [0.29, 0.717) is 35.0 Å². The molecule has 0 saturated heterocycles. The normalized spacial score (nSPS) is 18.6. The van der Waals surface area contributed by atoms with E-state index in [0.717, 1.165) is 19.0 Å². The molecule has 1 saturated carbocycles. The van der Waals surface area contributed by atoms with Crippen molar-refractivity contribution in [1.29, 1.82) is 0 Å². The molecular formula is C28H26F4N6O3. The lowest BCUT2D eigenvalue weighted by molar-refractivity contribution is -0.141. The molecule has 2 aliphatic heterocycles. The first-order chi connectivity index (χ1) is 19.5.